The Hall–Kier alpha value is -2.74. The lowest BCUT2D eigenvalue weighted by Gasteiger charge is -2.24. The molecule has 1 atom stereocenters. The predicted octanol–water partition coefficient (Wildman–Crippen LogP) is 4.10. The number of benzene rings is 2. The van der Waals surface area contributed by atoms with E-state index in [1.165, 1.54) is 0 Å². The van der Waals surface area contributed by atoms with Crippen molar-refractivity contribution in [2.45, 2.75) is 38.9 Å². The maximum Gasteiger partial charge on any atom is 0.410 e. The smallest absolute Gasteiger partial charge is 0.410 e. The van der Waals surface area contributed by atoms with Crippen molar-refractivity contribution in [1.29, 1.82) is 5.26 Å². The van der Waals surface area contributed by atoms with Gasteiger partial charge in [-0.05, 0) is 32.2 Å². The van der Waals surface area contributed by atoms with Crippen molar-refractivity contribution in [2.75, 3.05) is 13.1 Å². The molecule has 0 aliphatic carbocycles. The summed E-state index contributed by atoms with van der Waals surface area (Å²) in [6, 6.07) is 13.8. The lowest BCUT2D eigenvalue weighted by atomic mass is 10.0. The molecule has 1 saturated heterocycles. The molecule has 0 bridgehead atoms. The highest BCUT2D eigenvalue weighted by molar-refractivity contribution is 5.90. The zero-order valence-corrected chi connectivity index (χ0v) is 14.8. The van der Waals surface area contributed by atoms with Crippen LogP contribution < -0.4 is 4.74 Å². The molecule has 5 nitrogen and oxygen atoms in total. The molecule has 1 heterocycles. The summed E-state index contributed by atoms with van der Waals surface area (Å²) in [7, 11) is 0. The van der Waals surface area contributed by atoms with Crippen LogP contribution in [0.15, 0.2) is 36.4 Å². The molecule has 0 N–H and O–H groups in total. The summed E-state index contributed by atoms with van der Waals surface area (Å²) in [5.41, 5.74) is 0.0244. The summed E-state index contributed by atoms with van der Waals surface area (Å²) in [6.07, 6.45) is 0.259. The second-order valence-corrected chi connectivity index (χ2v) is 7.23. The third-order valence-corrected chi connectivity index (χ3v) is 4.09. The van der Waals surface area contributed by atoms with E-state index < -0.39 is 5.60 Å². The predicted molar refractivity (Wildman–Crippen MR) is 95.5 cm³/mol. The van der Waals surface area contributed by atoms with E-state index in [9.17, 15) is 10.1 Å². The van der Waals surface area contributed by atoms with E-state index >= 15 is 0 Å². The number of carbonyl (C=O) groups excluding carboxylic acids is 1. The molecule has 1 amide bonds. The minimum Gasteiger partial charge on any atom is -0.487 e. The summed E-state index contributed by atoms with van der Waals surface area (Å²) >= 11 is 0. The summed E-state index contributed by atoms with van der Waals surface area (Å²) in [6.45, 7) is 6.61. The van der Waals surface area contributed by atoms with Crippen molar-refractivity contribution < 1.29 is 14.3 Å². The fraction of sp³-hybridized carbons (Fsp3) is 0.400. The Kier molecular flexibility index (Phi) is 4.54. The number of ether oxygens (including phenoxy) is 2. The first kappa shape index (κ1) is 17.1. The molecule has 25 heavy (non-hydrogen) atoms. The van der Waals surface area contributed by atoms with Crippen molar-refractivity contribution >= 4 is 16.9 Å². The van der Waals surface area contributed by atoms with Crippen LogP contribution in [0.4, 0.5) is 4.79 Å². The summed E-state index contributed by atoms with van der Waals surface area (Å²) in [5.74, 6) is 0.567. The molecule has 0 spiro atoms. The lowest BCUT2D eigenvalue weighted by Crippen LogP contribution is -2.36. The van der Waals surface area contributed by atoms with Gasteiger partial charge in [0.15, 0.2) is 0 Å². The monoisotopic (exact) mass is 338 g/mol. The van der Waals surface area contributed by atoms with Crippen LogP contribution in [0, 0.1) is 11.3 Å². The van der Waals surface area contributed by atoms with Gasteiger partial charge in [0.1, 0.15) is 29.1 Å². The molecular weight excluding hydrogens is 316 g/mol. The van der Waals surface area contributed by atoms with Crippen LogP contribution in [0.25, 0.3) is 10.8 Å². The first-order chi connectivity index (χ1) is 11.9. The minimum atomic E-state index is -0.512. The number of hydrogen-bond acceptors (Lipinski definition) is 4. The van der Waals surface area contributed by atoms with Crippen molar-refractivity contribution in [2.24, 2.45) is 0 Å². The second kappa shape index (κ2) is 6.64. The number of nitrogens with zero attached hydrogens (tertiary/aromatic N) is 2. The van der Waals surface area contributed by atoms with Crippen LogP contribution in [0.3, 0.4) is 0 Å². The molecule has 1 aliphatic rings. The van der Waals surface area contributed by atoms with Crippen LogP contribution in [-0.2, 0) is 4.74 Å². The van der Waals surface area contributed by atoms with Crippen molar-refractivity contribution in [3.63, 3.8) is 0 Å². The highest BCUT2D eigenvalue weighted by atomic mass is 16.6. The first-order valence-electron chi connectivity index (χ1n) is 8.44. The molecule has 2 aromatic carbocycles. The largest absolute Gasteiger partial charge is 0.487 e. The number of nitriles is 1. The quantitative estimate of drug-likeness (QED) is 0.827. The molecule has 2 aromatic rings. The molecule has 1 fully saturated rings. The molecule has 3 rings (SSSR count). The number of carbonyl (C=O) groups is 1. The molecule has 130 valence electrons. The topological polar surface area (TPSA) is 62.6 Å². The zero-order chi connectivity index (χ0) is 18.0. The van der Waals surface area contributed by atoms with E-state index in [-0.39, 0.29) is 12.2 Å². The standard InChI is InChI=1S/C20H22N2O3/c1-20(2,3)25-19(23)22-11-10-15(13-22)24-18-9-8-14-6-4-5-7-16(14)17(18)12-21/h4-9,15H,10-11,13H2,1-3H3. The fourth-order valence-corrected chi connectivity index (χ4v) is 2.96. The summed E-state index contributed by atoms with van der Waals surface area (Å²) in [5, 5.41) is 11.4. The van der Waals surface area contributed by atoms with Gasteiger partial charge in [0.25, 0.3) is 0 Å². The van der Waals surface area contributed by atoms with Crippen molar-refractivity contribution in [3.8, 4) is 11.8 Å². The second-order valence-electron chi connectivity index (χ2n) is 7.23. The number of rotatable bonds is 2. The molecule has 0 aromatic heterocycles. The van der Waals surface area contributed by atoms with Crippen molar-refractivity contribution in [3.05, 3.63) is 42.0 Å². The highest BCUT2D eigenvalue weighted by Crippen LogP contribution is 2.29. The number of hydrogen-bond donors (Lipinski definition) is 0. The Morgan fingerprint density at radius 3 is 2.72 bits per heavy atom. The van der Waals surface area contributed by atoms with Gasteiger partial charge in [0.2, 0.25) is 0 Å². The molecule has 1 unspecified atom stereocenters. The normalized spacial score (nSPS) is 17.4. The maximum absolute atomic E-state index is 12.2. The van der Waals surface area contributed by atoms with Gasteiger partial charge >= 0.3 is 6.09 Å². The lowest BCUT2D eigenvalue weighted by molar-refractivity contribution is 0.0275. The van der Waals surface area contributed by atoms with Gasteiger partial charge < -0.3 is 14.4 Å². The van der Waals surface area contributed by atoms with E-state index in [0.717, 1.165) is 17.2 Å². The number of fused-ring (bicyclic) bond motifs is 1. The Morgan fingerprint density at radius 1 is 1.24 bits per heavy atom. The third-order valence-electron chi connectivity index (χ3n) is 4.09. The van der Waals surface area contributed by atoms with Gasteiger partial charge in [-0.1, -0.05) is 30.3 Å². The average molecular weight is 338 g/mol. The fourth-order valence-electron chi connectivity index (χ4n) is 2.96. The van der Waals surface area contributed by atoms with Gasteiger partial charge in [0, 0.05) is 18.4 Å². The molecular formula is C20H22N2O3. The van der Waals surface area contributed by atoms with Crippen LogP contribution in [0.1, 0.15) is 32.8 Å². The molecule has 0 radical (unpaired) electrons. The highest BCUT2D eigenvalue weighted by Gasteiger charge is 2.31. The summed E-state index contributed by atoms with van der Waals surface area (Å²) < 4.78 is 11.4. The van der Waals surface area contributed by atoms with E-state index in [0.29, 0.717) is 24.4 Å². The van der Waals surface area contributed by atoms with Crippen LogP contribution >= 0.6 is 0 Å². The zero-order valence-electron chi connectivity index (χ0n) is 14.8. The van der Waals surface area contributed by atoms with Gasteiger partial charge in [-0.3, -0.25) is 0 Å². The van der Waals surface area contributed by atoms with Crippen LogP contribution in [-0.4, -0.2) is 35.8 Å². The van der Waals surface area contributed by atoms with E-state index in [1.807, 2.05) is 57.2 Å². The van der Waals surface area contributed by atoms with Gasteiger partial charge in [-0.15, -0.1) is 0 Å². The molecule has 1 aliphatic heterocycles. The molecule has 0 saturated carbocycles. The Morgan fingerprint density at radius 2 is 2.00 bits per heavy atom. The summed E-state index contributed by atoms with van der Waals surface area (Å²) in [4.78, 5) is 13.8. The van der Waals surface area contributed by atoms with Gasteiger partial charge in [0.05, 0.1) is 6.54 Å². The average Bonchev–Trinajstić information content (AvgIpc) is 3.02. The van der Waals surface area contributed by atoms with Crippen molar-refractivity contribution in [1.82, 2.24) is 4.90 Å². The number of amides is 1. The van der Waals surface area contributed by atoms with Gasteiger partial charge in [-0.2, -0.15) is 5.26 Å². The Bertz CT molecular complexity index is 833. The first-order valence-corrected chi connectivity index (χ1v) is 8.44. The van der Waals surface area contributed by atoms with E-state index in [4.69, 9.17) is 9.47 Å². The minimum absolute atomic E-state index is 0.138. The van der Waals surface area contributed by atoms with E-state index in [1.54, 1.807) is 4.90 Å². The SMILES string of the molecule is CC(C)(C)OC(=O)N1CCC(Oc2ccc3ccccc3c2C#N)C1. The Labute approximate surface area is 147 Å². The Balaban J connectivity index is 1.73. The maximum atomic E-state index is 12.2. The third kappa shape index (κ3) is 3.85. The van der Waals surface area contributed by atoms with Gasteiger partial charge in [-0.25, -0.2) is 4.79 Å². The van der Waals surface area contributed by atoms with Crippen LogP contribution in [0.2, 0.25) is 0 Å². The number of likely N-dealkylation sites (tertiary alicyclic amines) is 1. The van der Waals surface area contributed by atoms with Crippen LogP contribution in [0.5, 0.6) is 5.75 Å². The van der Waals surface area contributed by atoms with E-state index in [2.05, 4.69) is 6.07 Å². The molecule has 5 heteroatoms.